The molecular formula is C9H19NO. The van der Waals surface area contributed by atoms with Crippen LogP contribution in [-0.2, 0) is 4.74 Å². The first kappa shape index (κ1) is 9.01. The molecule has 0 bridgehead atoms. The van der Waals surface area contributed by atoms with Crippen molar-refractivity contribution in [2.24, 2.45) is 17.8 Å². The molecule has 2 nitrogen and oxygen atoms in total. The zero-order valence-corrected chi connectivity index (χ0v) is 7.76. The van der Waals surface area contributed by atoms with Crippen LogP contribution in [0.25, 0.3) is 0 Å². The molecule has 66 valence electrons. The Kier molecular flexibility index (Phi) is 3.34. The van der Waals surface area contributed by atoms with Gasteiger partial charge in [0.2, 0.25) is 0 Å². The highest BCUT2D eigenvalue weighted by Crippen LogP contribution is 2.26. The summed E-state index contributed by atoms with van der Waals surface area (Å²) in [5, 5.41) is 3.24. The molecule has 0 saturated carbocycles. The number of hydrogen-bond acceptors (Lipinski definition) is 2. The summed E-state index contributed by atoms with van der Waals surface area (Å²) in [7, 11) is 2.02. The third kappa shape index (κ3) is 2.17. The van der Waals surface area contributed by atoms with Crippen molar-refractivity contribution in [2.45, 2.75) is 13.8 Å². The van der Waals surface area contributed by atoms with Crippen LogP contribution in [0.4, 0.5) is 0 Å². The van der Waals surface area contributed by atoms with Gasteiger partial charge in [-0.1, -0.05) is 13.8 Å². The average molecular weight is 157 g/mol. The SMILES string of the molecule is CNCC(C(C)C)C1COC1. The van der Waals surface area contributed by atoms with E-state index in [1.54, 1.807) is 0 Å². The molecule has 2 heteroatoms. The normalized spacial score (nSPS) is 21.8. The van der Waals surface area contributed by atoms with Gasteiger partial charge in [-0.15, -0.1) is 0 Å². The second-order valence-electron chi connectivity index (χ2n) is 3.76. The summed E-state index contributed by atoms with van der Waals surface area (Å²) in [5.41, 5.74) is 0. The van der Waals surface area contributed by atoms with Gasteiger partial charge in [0.1, 0.15) is 0 Å². The lowest BCUT2D eigenvalue weighted by atomic mass is 9.82. The van der Waals surface area contributed by atoms with Crippen LogP contribution in [0.15, 0.2) is 0 Å². The molecule has 1 aliphatic heterocycles. The molecule has 0 aromatic heterocycles. The van der Waals surface area contributed by atoms with Crippen molar-refractivity contribution in [3.63, 3.8) is 0 Å². The summed E-state index contributed by atoms with van der Waals surface area (Å²) in [4.78, 5) is 0. The van der Waals surface area contributed by atoms with Gasteiger partial charge in [0.05, 0.1) is 13.2 Å². The monoisotopic (exact) mass is 157 g/mol. The Morgan fingerprint density at radius 1 is 1.45 bits per heavy atom. The van der Waals surface area contributed by atoms with Crippen molar-refractivity contribution < 1.29 is 4.74 Å². The summed E-state index contributed by atoms with van der Waals surface area (Å²) in [6.07, 6.45) is 0. The lowest BCUT2D eigenvalue weighted by Gasteiger charge is -2.36. The second-order valence-corrected chi connectivity index (χ2v) is 3.76. The van der Waals surface area contributed by atoms with E-state index < -0.39 is 0 Å². The molecule has 0 aromatic rings. The van der Waals surface area contributed by atoms with Crippen LogP contribution in [0.2, 0.25) is 0 Å². The average Bonchev–Trinajstić information content (AvgIpc) is 1.82. The fourth-order valence-electron chi connectivity index (χ4n) is 1.68. The van der Waals surface area contributed by atoms with Crippen LogP contribution in [0.5, 0.6) is 0 Å². The Morgan fingerprint density at radius 2 is 2.09 bits per heavy atom. The minimum Gasteiger partial charge on any atom is -0.381 e. The largest absolute Gasteiger partial charge is 0.381 e. The van der Waals surface area contributed by atoms with E-state index in [1.807, 2.05) is 7.05 Å². The Bertz CT molecular complexity index is 110. The van der Waals surface area contributed by atoms with E-state index in [4.69, 9.17) is 4.74 Å². The molecule has 0 aliphatic carbocycles. The topological polar surface area (TPSA) is 21.3 Å². The van der Waals surface area contributed by atoms with Crippen LogP contribution in [0.1, 0.15) is 13.8 Å². The molecule has 1 atom stereocenters. The highest BCUT2D eigenvalue weighted by molar-refractivity contribution is 4.78. The number of nitrogens with one attached hydrogen (secondary N) is 1. The highest BCUT2D eigenvalue weighted by atomic mass is 16.5. The molecule has 1 rings (SSSR count). The molecule has 0 spiro atoms. The molecule has 0 radical (unpaired) electrons. The Labute approximate surface area is 69.3 Å². The van der Waals surface area contributed by atoms with Crippen molar-refractivity contribution in [1.82, 2.24) is 5.32 Å². The van der Waals surface area contributed by atoms with Crippen molar-refractivity contribution in [1.29, 1.82) is 0 Å². The molecular weight excluding hydrogens is 138 g/mol. The van der Waals surface area contributed by atoms with Gasteiger partial charge in [0.25, 0.3) is 0 Å². The minimum absolute atomic E-state index is 0.774. The molecule has 1 heterocycles. The lowest BCUT2D eigenvalue weighted by Crippen LogP contribution is -2.41. The summed E-state index contributed by atoms with van der Waals surface area (Å²) in [5.74, 6) is 2.38. The van der Waals surface area contributed by atoms with E-state index >= 15 is 0 Å². The predicted octanol–water partition coefficient (Wildman–Crippen LogP) is 1.12. The summed E-state index contributed by atoms with van der Waals surface area (Å²) in [6.45, 7) is 7.67. The van der Waals surface area contributed by atoms with Gasteiger partial charge in [0, 0.05) is 5.92 Å². The Balaban J connectivity index is 2.31. The van der Waals surface area contributed by atoms with E-state index in [1.165, 1.54) is 0 Å². The van der Waals surface area contributed by atoms with Gasteiger partial charge in [-0.25, -0.2) is 0 Å². The second kappa shape index (κ2) is 4.07. The maximum absolute atomic E-state index is 5.18. The van der Waals surface area contributed by atoms with Gasteiger partial charge in [-0.3, -0.25) is 0 Å². The van der Waals surface area contributed by atoms with Gasteiger partial charge in [0.15, 0.2) is 0 Å². The summed E-state index contributed by atoms with van der Waals surface area (Å²) >= 11 is 0. The lowest BCUT2D eigenvalue weighted by molar-refractivity contribution is -0.0692. The Morgan fingerprint density at radius 3 is 2.36 bits per heavy atom. The first-order valence-corrected chi connectivity index (χ1v) is 4.48. The molecule has 1 saturated heterocycles. The zero-order chi connectivity index (χ0) is 8.27. The van der Waals surface area contributed by atoms with E-state index in [-0.39, 0.29) is 0 Å². The van der Waals surface area contributed by atoms with E-state index in [0.29, 0.717) is 0 Å². The molecule has 1 unspecified atom stereocenters. The van der Waals surface area contributed by atoms with Gasteiger partial charge >= 0.3 is 0 Å². The first-order chi connectivity index (χ1) is 5.25. The van der Waals surface area contributed by atoms with E-state index in [2.05, 4.69) is 19.2 Å². The first-order valence-electron chi connectivity index (χ1n) is 4.48. The van der Waals surface area contributed by atoms with Gasteiger partial charge in [-0.2, -0.15) is 0 Å². The quantitative estimate of drug-likeness (QED) is 0.660. The fourth-order valence-corrected chi connectivity index (χ4v) is 1.68. The van der Waals surface area contributed by atoms with Gasteiger partial charge in [-0.05, 0) is 25.4 Å². The van der Waals surface area contributed by atoms with E-state index in [0.717, 1.165) is 37.5 Å². The summed E-state index contributed by atoms with van der Waals surface area (Å²) < 4.78 is 5.18. The van der Waals surface area contributed by atoms with Gasteiger partial charge < -0.3 is 10.1 Å². The molecule has 0 amide bonds. The van der Waals surface area contributed by atoms with Crippen molar-refractivity contribution >= 4 is 0 Å². The fraction of sp³-hybridized carbons (Fsp3) is 1.00. The number of rotatable bonds is 4. The smallest absolute Gasteiger partial charge is 0.0519 e. The highest BCUT2D eigenvalue weighted by Gasteiger charge is 2.29. The Hall–Kier alpha value is -0.0800. The van der Waals surface area contributed by atoms with Crippen molar-refractivity contribution in [3.05, 3.63) is 0 Å². The maximum Gasteiger partial charge on any atom is 0.0519 e. The van der Waals surface area contributed by atoms with Crippen LogP contribution in [0, 0.1) is 17.8 Å². The number of ether oxygens (including phenoxy) is 1. The summed E-state index contributed by atoms with van der Waals surface area (Å²) in [6, 6.07) is 0. The van der Waals surface area contributed by atoms with Crippen LogP contribution in [0.3, 0.4) is 0 Å². The van der Waals surface area contributed by atoms with Crippen LogP contribution >= 0.6 is 0 Å². The van der Waals surface area contributed by atoms with Crippen molar-refractivity contribution in [3.8, 4) is 0 Å². The van der Waals surface area contributed by atoms with Crippen molar-refractivity contribution in [2.75, 3.05) is 26.8 Å². The molecule has 1 aliphatic rings. The van der Waals surface area contributed by atoms with Crippen LogP contribution in [-0.4, -0.2) is 26.8 Å². The molecule has 1 fully saturated rings. The third-order valence-electron chi connectivity index (χ3n) is 2.57. The van der Waals surface area contributed by atoms with Crippen LogP contribution < -0.4 is 5.32 Å². The van der Waals surface area contributed by atoms with E-state index in [9.17, 15) is 0 Å². The molecule has 0 aromatic carbocycles. The number of hydrogen-bond donors (Lipinski definition) is 1. The zero-order valence-electron chi connectivity index (χ0n) is 7.76. The molecule has 11 heavy (non-hydrogen) atoms. The molecule has 1 N–H and O–H groups in total. The predicted molar refractivity (Wildman–Crippen MR) is 46.6 cm³/mol. The third-order valence-corrected chi connectivity index (χ3v) is 2.57. The minimum atomic E-state index is 0.774. The standard InChI is InChI=1S/C9H19NO/c1-7(2)9(4-10-3)8-5-11-6-8/h7-10H,4-6H2,1-3H3. The maximum atomic E-state index is 5.18.